The molecule has 0 aliphatic heterocycles. The van der Waals surface area contributed by atoms with Crippen molar-refractivity contribution in [1.82, 2.24) is 5.32 Å². The third-order valence-corrected chi connectivity index (χ3v) is 4.01. The minimum absolute atomic E-state index is 0.235. The van der Waals surface area contributed by atoms with Crippen LogP contribution >= 0.6 is 23.1 Å². The van der Waals surface area contributed by atoms with Crippen LogP contribution in [0.5, 0.6) is 0 Å². The van der Waals surface area contributed by atoms with Crippen molar-refractivity contribution >= 4 is 34.7 Å². The lowest BCUT2D eigenvalue weighted by Gasteiger charge is -2.01. The Morgan fingerprint density at radius 1 is 1.73 bits per heavy atom. The van der Waals surface area contributed by atoms with Crippen LogP contribution in [-0.2, 0) is 0 Å². The molecule has 0 fully saturated rings. The molecule has 0 spiro atoms. The first-order valence-electron chi connectivity index (χ1n) is 4.32. The Balaban J connectivity index is 3.26. The van der Waals surface area contributed by atoms with Crippen LogP contribution in [0.1, 0.15) is 22.2 Å². The molecule has 6 heteroatoms. The second kappa shape index (κ2) is 5.05. The largest absolute Gasteiger partial charge is 0.396 e. The van der Waals surface area contributed by atoms with Gasteiger partial charge in [-0.15, -0.1) is 23.1 Å². The number of thiophene rings is 1. The molecule has 0 unspecified atom stereocenters. The van der Waals surface area contributed by atoms with E-state index in [1.165, 1.54) is 23.1 Å². The Kier molecular flexibility index (Phi) is 4.00. The molecule has 0 saturated heterocycles. The lowest BCUT2D eigenvalue weighted by molar-refractivity contribution is 0.0962. The second-order valence-corrected chi connectivity index (χ2v) is 5.18. The number of nitriles is 1. The standard InChI is InChI=1S/C9H11N3OS2/c1-3-14-9-6(8(13)12-2)7(11)5(4-10)15-9/h3,11H2,1-2H3,(H,12,13). The maximum absolute atomic E-state index is 11.6. The van der Waals surface area contributed by atoms with Crippen molar-refractivity contribution in [3.8, 4) is 6.07 Å². The molecule has 80 valence electrons. The van der Waals surface area contributed by atoms with Gasteiger partial charge in [0.25, 0.3) is 5.91 Å². The van der Waals surface area contributed by atoms with Crippen LogP contribution in [0.2, 0.25) is 0 Å². The Morgan fingerprint density at radius 3 is 2.87 bits per heavy atom. The summed E-state index contributed by atoms with van der Waals surface area (Å²) in [5, 5.41) is 11.3. The second-order valence-electron chi connectivity index (χ2n) is 2.63. The zero-order valence-corrected chi connectivity index (χ0v) is 10.1. The van der Waals surface area contributed by atoms with Gasteiger partial charge >= 0.3 is 0 Å². The number of hydrogen-bond acceptors (Lipinski definition) is 5. The van der Waals surface area contributed by atoms with Crippen LogP contribution in [0.4, 0.5) is 5.69 Å². The van der Waals surface area contributed by atoms with Crippen LogP contribution in [0.15, 0.2) is 4.21 Å². The fourth-order valence-corrected chi connectivity index (χ4v) is 3.27. The Labute approximate surface area is 96.5 Å². The van der Waals surface area contributed by atoms with Gasteiger partial charge < -0.3 is 11.1 Å². The first kappa shape index (κ1) is 11.9. The Bertz CT molecular complexity index is 420. The highest BCUT2D eigenvalue weighted by molar-refractivity contribution is 8.01. The highest BCUT2D eigenvalue weighted by Gasteiger charge is 2.20. The van der Waals surface area contributed by atoms with Crippen molar-refractivity contribution in [3.63, 3.8) is 0 Å². The summed E-state index contributed by atoms with van der Waals surface area (Å²) in [4.78, 5) is 12.0. The molecule has 15 heavy (non-hydrogen) atoms. The summed E-state index contributed by atoms with van der Waals surface area (Å²) < 4.78 is 0.811. The summed E-state index contributed by atoms with van der Waals surface area (Å²) in [6.45, 7) is 1.99. The molecule has 0 saturated carbocycles. The summed E-state index contributed by atoms with van der Waals surface area (Å²) in [5.74, 6) is 0.607. The van der Waals surface area contributed by atoms with E-state index in [2.05, 4.69) is 5.32 Å². The predicted molar refractivity (Wildman–Crippen MR) is 63.2 cm³/mol. The summed E-state index contributed by atoms with van der Waals surface area (Å²) in [6.07, 6.45) is 0. The van der Waals surface area contributed by atoms with Crippen LogP contribution < -0.4 is 11.1 Å². The highest BCUT2D eigenvalue weighted by atomic mass is 32.2. The minimum Gasteiger partial charge on any atom is -0.396 e. The van der Waals surface area contributed by atoms with Gasteiger partial charge in [0.05, 0.1) is 15.5 Å². The number of nitrogens with zero attached hydrogens (tertiary/aromatic N) is 1. The molecule has 1 aromatic rings. The van der Waals surface area contributed by atoms with Gasteiger partial charge in [0.1, 0.15) is 10.9 Å². The third kappa shape index (κ3) is 2.25. The monoisotopic (exact) mass is 241 g/mol. The van der Waals surface area contributed by atoms with Crippen molar-refractivity contribution in [3.05, 3.63) is 10.4 Å². The molecule has 0 bridgehead atoms. The number of anilines is 1. The van der Waals surface area contributed by atoms with Gasteiger partial charge in [0.15, 0.2) is 0 Å². The molecular weight excluding hydrogens is 230 g/mol. The number of hydrogen-bond donors (Lipinski definition) is 2. The van der Waals surface area contributed by atoms with Crippen molar-refractivity contribution in [1.29, 1.82) is 5.26 Å². The van der Waals surface area contributed by atoms with Gasteiger partial charge in [-0.25, -0.2) is 0 Å². The van der Waals surface area contributed by atoms with Crippen LogP contribution in [0.3, 0.4) is 0 Å². The van der Waals surface area contributed by atoms with Gasteiger partial charge in [-0.3, -0.25) is 4.79 Å². The molecule has 3 N–H and O–H groups in total. The van der Waals surface area contributed by atoms with Crippen molar-refractivity contribution < 1.29 is 4.79 Å². The summed E-state index contributed by atoms with van der Waals surface area (Å²) in [5.41, 5.74) is 6.46. The number of carbonyl (C=O) groups is 1. The molecule has 1 amide bonds. The lowest BCUT2D eigenvalue weighted by atomic mass is 10.2. The quantitative estimate of drug-likeness (QED) is 0.789. The lowest BCUT2D eigenvalue weighted by Crippen LogP contribution is -2.19. The fourth-order valence-electron chi connectivity index (χ4n) is 1.08. The molecule has 1 rings (SSSR count). The summed E-state index contributed by atoms with van der Waals surface area (Å²) in [7, 11) is 1.55. The number of thioether (sulfide) groups is 1. The number of nitrogens with two attached hydrogens (primary N) is 1. The molecule has 4 nitrogen and oxygen atoms in total. The van der Waals surface area contributed by atoms with E-state index in [0.717, 1.165) is 9.96 Å². The smallest absolute Gasteiger partial charge is 0.255 e. The van der Waals surface area contributed by atoms with Crippen molar-refractivity contribution in [2.45, 2.75) is 11.1 Å². The molecule has 0 aliphatic carbocycles. The van der Waals surface area contributed by atoms with E-state index in [9.17, 15) is 4.79 Å². The molecule has 0 aromatic carbocycles. The van der Waals surface area contributed by atoms with Gasteiger partial charge in [-0.05, 0) is 5.75 Å². The number of nitrogens with one attached hydrogen (secondary N) is 1. The predicted octanol–water partition coefficient (Wildman–Crippen LogP) is 1.67. The number of amides is 1. The summed E-state index contributed by atoms with van der Waals surface area (Å²) >= 11 is 2.79. The van der Waals surface area contributed by atoms with Gasteiger partial charge in [0, 0.05) is 7.05 Å². The zero-order chi connectivity index (χ0) is 11.4. The molecule has 0 aliphatic rings. The number of rotatable bonds is 3. The molecule has 1 heterocycles. The van der Waals surface area contributed by atoms with Gasteiger partial charge in [0.2, 0.25) is 0 Å². The average Bonchev–Trinajstić information content (AvgIpc) is 2.55. The Morgan fingerprint density at radius 2 is 2.40 bits per heavy atom. The average molecular weight is 241 g/mol. The van der Waals surface area contributed by atoms with E-state index in [1.54, 1.807) is 7.05 Å². The van der Waals surface area contributed by atoms with E-state index in [-0.39, 0.29) is 11.6 Å². The molecule has 0 radical (unpaired) electrons. The normalized spacial score (nSPS) is 9.67. The van der Waals surface area contributed by atoms with Crippen LogP contribution in [0, 0.1) is 11.3 Å². The summed E-state index contributed by atoms with van der Waals surface area (Å²) in [6, 6.07) is 1.99. The van der Waals surface area contributed by atoms with E-state index in [1.807, 2.05) is 13.0 Å². The van der Waals surface area contributed by atoms with E-state index >= 15 is 0 Å². The van der Waals surface area contributed by atoms with E-state index in [0.29, 0.717) is 10.4 Å². The highest BCUT2D eigenvalue weighted by Crippen LogP contribution is 2.37. The van der Waals surface area contributed by atoms with E-state index < -0.39 is 0 Å². The first-order valence-corrected chi connectivity index (χ1v) is 6.13. The third-order valence-electron chi connectivity index (χ3n) is 1.74. The van der Waals surface area contributed by atoms with Crippen LogP contribution in [-0.4, -0.2) is 18.7 Å². The fraction of sp³-hybridized carbons (Fsp3) is 0.333. The topological polar surface area (TPSA) is 78.9 Å². The maximum atomic E-state index is 11.6. The minimum atomic E-state index is -0.235. The first-order chi connectivity index (χ1) is 7.15. The number of carbonyl (C=O) groups excluding carboxylic acids is 1. The van der Waals surface area contributed by atoms with Crippen molar-refractivity contribution in [2.75, 3.05) is 18.5 Å². The number of nitrogen functional groups attached to an aromatic ring is 1. The SMILES string of the molecule is CCSc1sc(C#N)c(N)c1C(=O)NC. The Hall–Kier alpha value is -1.19. The zero-order valence-electron chi connectivity index (χ0n) is 8.46. The van der Waals surface area contributed by atoms with Crippen LogP contribution in [0.25, 0.3) is 0 Å². The maximum Gasteiger partial charge on any atom is 0.255 e. The molecule has 1 aromatic heterocycles. The van der Waals surface area contributed by atoms with E-state index in [4.69, 9.17) is 11.0 Å². The molecular formula is C9H11N3OS2. The van der Waals surface area contributed by atoms with Crippen molar-refractivity contribution in [2.24, 2.45) is 0 Å². The van der Waals surface area contributed by atoms with Gasteiger partial charge in [-0.2, -0.15) is 5.26 Å². The molecule has 0 atom stereocenters. The van der Waals surface area contributed by atoms with Gasteiger partial charge in [-0.1, -0.05) is 6.92 Å².